The summed E-state index contributed by atoms with van der Waals surface area (Å²) in [7, 11) is 3.15. The number of imidazole rings is 1. The standard InChI is InChI=1S/C19H20N5O4/c1-11-9-22-15-16(21(3)19(27)23(17(15)26)10-12(2)25)20-18(22)24(11)13-6-5-7-14(8-13)28-4/h5-9,15H,10H2,1-4H3/q+1. The van der Waals surface area contributed by atoms with Gasteiger partial charge in [0.05, 0.1) is 13.7 Å². The molecule has 0 radical (unpaired) electrons. The lowest BCUT2D eigenvalue weighted by atomic mass is 10.1. The van der Waals surface area contributed by atoms with Gasteiger partial charge in [-0.15, -0.1) is 0 Å². The summed E-state index contributed by atoms with van der Waals surface area (Å²) in [5.41, 5.74) is 1.70. The number of Topliss-reactive ketones (excluding diaryl/α,β-unsaturated/α-hetero) is 1. The van der Waals surface area contributed by atoms with Crippen LogP contribution in [0.5, 0.6) is 5.75 Å². The fourth-order valence-corrected chi connectivity index (χ4v) is 3.62. The van der Waals surface area contributed by atoms with Crippen LogP contribution in [-0.2, 0) is 9.59 Å². The number of carbonyl (C=O) groups is 3. The van der Waals surface area contributed by atoms with E-state index in [1.165, 1.54) is 11.8 Å². The van der Waals surface area contributed by atoms with Crippen molar-refractivity contribution in [3.8, 4) is 11.4 Å². The van der Waals surface area contributed by atoms with Crippen molar-refractivity contribution in [2.45, 2.75) is 19.9 Å². The minimum atomic E-state index is -0.775. The van der Waals surface area contributed by atoms with E-state index in [0.29, 0.717) is 17.5 Å². The third kappa shape index (κ3) is 2.50. The average Bonchev–Trinajstić information content (AvgIpc) is 3.17. The molecule has 1 aromatic carbocycles. The highest BCUT2D eigenvalue weighted by atomic mass is 16.5. The number of likely N-dealkylation sites (N-methyl/N-ethyl adjacent to an activating group) is 1. The Hall–Kier alpha value is -3.49. The summed E-state index contributed by atoms with van der Waals surface area (Å²) in [5, 5.41) is 0. The Morgan fingerprint density at radius 3 is 2.75 bits per heavy atom. The third-order valence-corrected chi connectivity index (χ3v) is 4.90. The fraction of sp³-hybridized carbons (Fsp3) is 0.316. The van der Waals surface area contributed by atoms with Crippen LogP contribution in [0.3, 0.4) is 0 Å². The van der Waals surface area contributed by atoms with E-state index in [2.05, 4.69) is 4.99 Å². The Labute approximate surface area is 161 Å². The van der Waals surface area contributed by atoms with Crippen molar-refractivity contribution in [3.05, 3.63) is 36.2 Å². The van der Waals surface area contributed by atoms with Crippen LogP contribution in [0, 0.1) is 6.92 Å². The molecule has 2 aromatic rings. The molecule has 0 aliphatic carbocycles. The summed E-state index contributed by atoms with van der Waals surface area (Å²) in [6, 6.07) is 6.17. The molecule has 1 aromatic heterocycles. The number of aromatic nitrogens is 2. The van der Waals surface area contributed by atoms with Crippen LogP contribution >= 0.6 is 0 Å². The summed E-state index contributed by atoms with van der Waals surface area (Å²) in [4.78, 5) is 44.0. The summed E-state index contributed by atoms with van der Waals surface area (Å²) in [5.74, 6) is 0.862. The number of nitrogens with zero attached hydrogens (tertiary/aromatic N) is 5. The highest BCUT2D eigenvalue weighted by molar-refractivity contribution is 6.19. The topological polar surface area (TPSA) is 88.1 Å². The lowest BCUT2D eigenvalue weighted by Gasteiger charge is -2.32. The van der Waals surface area contributed by atoms with Gasteiger partial charge in [0.15, 0.2) is 0 Å². The van der Waals surface area contributed by atoms with Crippen molar-refractivity contribution < 1.29 is 23.7 Å². The predicted molar refractivity (Wildman–Crippen MR) is 98.9 cm³/mol. The number of aliphatic imine (C=N–C) groups is 1. The van der Waals surface area contributed by atoms with Crippen LogP contribution in [-0.4, -0.2) is 58.6 Å². The van der Waals surface area contributed by atoms with Gasteiger partial charge in [-0.25, -0.2) is 9.36 Å². The maximum atomic E-state index is 13.0. The summed E-state index contributed by atoms with van der Waals surface area (Å²) < 4.78 is 8.94. The third-order valence-electron chi connectivity index (χ3n) is 4.90. The van der Waals surface area contributed by atoms with Crippen molar-refractivity contribution in [1.29, 1.82) is 0 Å². The minimum Gasteiger partial charge on any atom is -0.497 e. The molecule has 9 nitrogen and oxygen atoms in total. The summed E-state index contributed by atoms with van der Waals surface area (Å²) >= 11 is 0. The SMILES string of the molecule is COc1cccc(-n2c(C)c[n+]3c2N=C2C3C(=O)N(CC(C)=O)C(=O)N2C)c1. The highest BCUT2D eigenvalue weighted by Crippen LogP contribution is 2.31. The lowest BCUT2D eigenvalue weighted by Crippen LogP contribution is -2.63. The predicted octanol–water partition coefficient (Wildman–Crippen LogP) is 1.15. The van der Waals surface area contributed by atoms with Gasteiger partial charge in [-0.2, -0.15) is 4.57 Å². The number of carbonyl (C=O) groups excluding carboxylic acids is 3. The van der Waals surface area contributed by atoms with Crippen molar-refractivity contribution in [2.75, 3.05) is 20.7 Å². The zero-order valence-corrected chi connectivity index (χ0v) is 16.0. The van der Waals surface area contributed by atoms with Gasteiger partial charge in [-0.3, -0.25) is 19.4 Å². The van der Waals surface area contributed by atoms with E-state index in [0.717, 1.165) is 16.3 Å². The number of amides is 3. The molecule has 0 bridgehead atoms. The molecule has 1 unspecified atom stereocenters. The van der Waals surface area contributed by atoms with Crippen molar-refractivity contribution in [2.24, 2.45) is 4.99 Å². The number of urea groups is 1. The average molecular weight is 382 g/mol. The lowest BCUT2D eigenvalue weighted by molar-refractivity contribution is -0.676. The van der Waals surface area contributed by atoms with Gasteiger partial charge in [-0.1, -0.05) is 11.1 Å². The maximum Gasteiger partial charge on any atom is 0.406 e. The molecule has 3 heterocycles. The zero-order chi connectivity index (χ0) is 20.2. The quantitative estimate of drug-likeness (QED) is 0.742. The van der Waals surface area contributed by atoms with Crippen molar-refractivity contribution >= 4 is 29.5 Å². The van der Waals surface area contributed by atoms with Gasteiger partial charge in [0.1, 0.15) is 29.1 Å². The maximum absolute atomic E-state index is 13.0. The van der Waals surface area contributed by atoms with Crippen LogP contribution in [0.1, 0.15) is 18.7 Å². The van der Waals surface area contributed by atoms with E-state index in [1.54, 1.807) is 18.7 Å². The van der Waals surface area contributed by atoms with Gasteiger partial charge >= 0.3 is 12.0 Å². The molecular formula is C19H20N5O4+. The van der Waals surface area contributed by atoms with Gasteiger partial charge in [0.2, 0.25) is 11.9 Å². The number of ketones is 1. The molecule has 3 amide bonds. The number of benzene rings is 1. The molecule has 1 atom stereocenters. The van der Waals surface area contributed by atoms with E-state index in [4.69, 9.17) is 4.74 Å². The molecule has 144 valence electrons. The number of amidine groups is 1. The number of imide groups is 1. The molecule has 28 heavy (non-hydrogen) atoms. The Bertz CT molecular complexity index is 1050. The molecule has 1 fully saturated rings. The number of hydrogen-bond acceptors (Lipinski definition) is 5. The van der Waals surface area contributed by atoms with Crippen LogP contribution in [0.25, 0.3) is 5.69 Å². The number of aryl methyl sites for hydroxylation is 1. The molecule has 2 aliphatic heterocycles. The van der Waals surface area contributed by atoms with Gasteiger partial charge in [0.25, 0.3) is 5.91 Å². The molecule has 0 spiro atoms. The smallest absolute Gasteiger partial charge is 0.406 e. The molecule has 0 saturated carbocycles. The van der Waals surface area contributed by atoms with E-state index < -0.39 is 18.0 Å². The number of rotatable bonds is 4. The second kappa shape index (κ2) is 6.29. The monoisotopic (exact) mass is 382 g/mol. The Morgan fingerprint density at radius 1 is 1.32 bits per heavy atom. The van der Waals surface area contributed by atoms with Crippen molar-refractivity contribution in [3.63, 3.8) is 0 Å². The number of methoxy groups -OCH3 is 1. The molecule has 2 aliphatic rings. The first-order valence-corrected chi connectivity index (χ1v) is 8.78. The second-order valence-electron chi connectivity index (χ2n) is 6.86. The number of hydrogen-bond donors (Lipinski definition) is 0. The summed E-state index contributed by atoms with van der Waals surface area (Å²) in [6.07, 6.45) is 1.82. The first-order valence-electron chi connectivity index (χ1n) is 8.78. The molecule has 9 heteroatoms. The van der Waals surface area contributed by atoms with E-state index in [1.807, 2.05) is 42.0 Å². The molecule has 0 N–H and O–H groups in total. The largest absolute Gasteiger partial charge is 0.497 e. The molecule has 4 rings (SSSR count). The zero-order valence-electron chi connectivity index (χ0n) is 16.0. The first-order chi connectivity index (χ1) is 13.3. The van der Waals surface area contributed by atoms with Crippen LogP contribution in [0.4, 0.5) is 10.7 Å². The van der Waals surface area contributed by atoms with Gasteiger partial charge in [-0.05, 0) is 26.0 Å². The molecular weight excluding hydrogens is 362 g/mol. The first kappa shape index (κ1) is 17.9. The van der Waals surface area contributed by atoms with Gasteiger partial charge in [0, 0.05) is 13.1 Å². The normalized spacial score (nSPS) is 18.1. The van der Waals surface area contributed by atoms with E-state index in [9.17, 15) is 14.4 Å². The minimum absolute atomic E-state index is 0.253. The van der Waals surface area contributed by atoms with Crippen LogP contribution < -0.4 is 9.30 Å². The number of ether oxygens (including phenoxy) is 1. The van der Waals surface area contributed by atoms with E-state index in [-0.39, 0.29) is 12.3 Å². The number of fused-ring (bicyclic) bond motifs is 3. The van der Waals surface area contributed by atoms with Gasteiger partial charge < -0.3 is 4.74 Å². The van der Waals surface area contributed by atoms with E-state index >= 15 is 0 Å². The van der Waals surface area contributed by atoms with Crippen molar-refractivity contribution in [1.82, 2.24) is 14.4 Å². The highest BCUT2D eigenvalue weighted by Gasteiger charge is 2.53. The Morgan fingerprint density at radius 2 is 2.07 bits per heavy atom. The fourth-order valence-electron chi connectivity index (χ4n) is 3.62. The Balaban J connectivity index is 1.84. The Kier molecular flexibility index (Phi) is 4.02. The molecule has 1 saturated heterocycles. The summed E-state index contributed by atoms with van der Waals surface area (Å²) in [6.45, 7) is 3.01. The van der Waals surface area contributed by atoms with Crippen LogP contribution in [0.15, 0.2) is 35.5 Å². The van der Waals surface area contributed by atoms with Crippen LogP contribution in [0.2, 0.25) is 0 Å². The second-order valence-corrected chi connectivity index (χ2v) is 6.86.